The van der Waals surface area contributed by atoms with E-state index in [0.717, 1.165) is 11.2 Å². The maximum atomic E-state index is 12.5. The SMILES string of the molecule is CS(=O)(=O)c1ccc(C(CN2C(=O)c3ccccc3C2=O)C(N)=O)cc1. The molecule has 0 fully saturated rings. The van der Waals surface area contributed by atoms with Gasteiger partial charge in [0.25, 0.3) is 11.8 Å². The summed E-state index contributed by atoms with van der Waals surface area (Å²) in [7, 11) is -3.38. The van der Waals surface area contributed by atoms with Crippen LogP contribution in [-0.2, 0) is 14.6 Å². The molecule has 0 aromatic heterocycles. The summed E-state index contributed by atoms with van der Waals surface area (Å²) in [4.78, 5) is 37.9. The van der Waals surface area contributed by atoms with Crippen LogP contribution < -0.4 is 5.73 Å². The molecule has 0 bridgehead atoms. The molecule has 7 nitrogen and oxygen atoms in total. The minimum atomic E-state index is -3.38. The van der Waals surface area contributed by atoms with E-state index in [0.29, 0.717) is 5.56 Å². The molecule has 3 amide bonds. The van der Waals surface area contributed by atoms with Crippen LogP contribution in [0.15, 0.2) is 53.4 Å². The molecule has 1 heterocycles. The van der Waals surface area contributed by atoms with Gasteiger partial charge in [0.2, 0.25) is 5.91 Å². The van der Waals surface area contributed by atoms with Crippen molar-refractivity contribution in [2.75, 3.05) is 12.8 Å². The molecule has 0 spiro atoms. The third-order valence-corrected chi connectivity index (χ3v) is 5.43. The Morgan fingerprint density at radius 1 is 1.00 bits per heavy atom. The molecular weight excluding hydrogens is 356 g/mol. The Morgan fingerprint density at radius 2 is 1.50 bits per heavy atom. The van der Waals surface area contributed by atoms with Gasteiger partial charge in [0, 0.05) is 12.8 Å². The number of carbonyl (C=O) groups excluding carboxylic acids is 3. The minimum Gasteiger partial charge on any atom is -0.369 e. The molecule has 2 aromatic carbocycles. The molecule has 0 saturated carbocycles. The topological polar surface area (TPSA) is 115 Å². The molecule has 1 atom stereocenters. The van der Waals surface area contributed by atoms with Crippen molar-refractivity contribution >= 4 is 27.6 Å². The predicted octanol–water partition coefficient (Wildman–Crippen LogP) is 0.955. The first-order chi connectivity index (χ1) is 12.2. The lowest BCUT2D eigenvalue weighted by molar-refractivity contribution is -0.119. The standard InChI is InChI=1S/C18H16N2O5S/c1-26(24,25)12-8-6-11(7-9-12)15(16(19)21)10-20-17(22)13-4-2-3-5-14(13)18(20)23/h2-9,15H,10H2,1H3,(H2,19,21). The van der Waals surface area contributed by atoms with Gasteiger partial charge in [0.05, 0.1) is 21.9 Å². The third kappa shape index (κ3) is 3.11. The molecule has 134 valence electrons. The van der Waals surface area contributed by atoms with E-state index in [4.69, 9.17) is 5.73 Å². The number of hydrogen-bond acceptors (Lipinski definition) is 5. The summed E-state index contributed by atoms with van der Waals surface area (Å²) in [6.45, 7) is -0.208. The molecule has 8 heteroatoms. The van der Waals surface area contributed by atoms with Gasteiger partial charge in [-0.25, -0.2) is 8.42 Å². The van der Waals surface area contributed by atoms with Gasteiger partial charge in [0.1, 0.15) is 0 Å². The Bertz CT molecular complexity index is 977. The zero-order valence-electron chi connectivity index (χ0n) is 13.9. The van der Waals surface area contributed by atoms with E-state index in [9.17, 15) is 22.8 Å². The number of primary amides is 1. The van der Waals surface area contributed by atoms with Crippen LogP contribution >= 0.6 is 0 Å². The number of carbonyl (C=O) groups is 3. The highest BCUT2D eigenvalue weighted by Gasteiger charge is 2.37. The second-order valence-electron chi connectivity index (χ2n) is 6.06. The molecule has 0 aliphatic carbocycles. The number of benzene rings is 2. The van der Waals surface area contributed by atoms with E-state index >= 15 is 0 Å². The predicted molar refractivity (Wildman–Crippen MR) is 93.3 cm³/mol. The maximum Gasteiger partial charge on any atom is 0.261 e. The Hall–Kier alpha value is -3.00. The van der Waals surface area contributed by atoms with Crippen LogP contribution in [0.25, 0.3) is 0 Å². The smallest absolute Gasteiger partial charge is 0.261 e. The summed E-state index contributed by atoms with van der Waals surface area (Å²) in [5.74, 6) is -2.62. The minimum absolute atomic E-state index is 0.102. The van der Waals surface area contributed by atoms with Crippen LogP contribution in [0.2, 0.25) is 0 Å². The van der Waals surface area contributed by atoms with E-state index in [1.807, 2.05) is 0 Å². The van der Waals surface area contributed by atoms with Gasteiger partial charge in [-0.15, -0.1) is 0 Å². The lowest BCUT2D eigenvalue weighted by atomic mass is 9.98. The lowest BCUT2D eigenvalue weighted by Crippen LogP contribution is -2.38. The van der Waals surface area contributed by atoms with Crippen LogP contribution in [0.5, 0.6) is 0 Å². The van der Waals surface area contributed by atoms with Crippen LogP contribution in [0.1, 0.15) is 32.2 Å². The molecule has 3 rings (SSSR count). The molecule has 1 aliphatic rings. The highest BCUT2D eigenvalue weighted by atomic mass is 32.2. The number of fused-ring (bicyclic) bond motifs is 1. The molecule has 26 heavy (non-hydrogen) atoms. The summed E-state index contributed by atoms with van der Waals surface area (Å²) in [5.41, 5.74) is 6.46. The van der Waals surface area contributed by atoms with Crippen molar-refractivity contribution in [1.29, 1.82) is 0 Å². The van der Waals surface area contributed by atoms with E-state index < -0.39 is 33.5 Å². The number of sulfone groups is 1. The van der Waals surface area contributed by atoms with E-state index in [-0.39, 0.29) is 22.6 Å². The largest absolute Gasteiger partial charge is 0.369 e. The quantitative estimate of drug-likeness (QED) is 0.785. The van der Waals surface area contributed by atoms with Gasteiger partial charge in [-0.05, 0) is 29.8 Å². The van der Waals surface area contributed by atoms with Crippen molar-refractivity contribution in [2.45, 2.75) is 10.8 Å². The number of hydrogen-bond donors (Lipinski definition) is 1. The van der Waals surface area contributed by atoms with Crippen molar-refractivity contribution in [3.8, 4) is 0 Å². The summed E-state index contributed by atoms with van der Waals surface area (Å²) >= 11 is 0. The van der Waals surface area contributed by atoms with Crippen molar-refractivity contribution in [3.05, 3.63) is 65.2 Å². The molecular formula is C18H16N2O5S. The number of amides is 3. The first-order valence-corrected chi connectivity index (χ1v) is 9.64. The zero-order valence-corrected chi connectivity index (χ0v) is 14.7. The third-order valence-electron chi connectivity index (χ3n) is 4.30. The van der Waals surface area contributed by atoms with Crippen LogP contribution in [0, 0.1) is 0 Å². The van der Waals surface area contributed by atoms with Crippen LogP contribution in [0.4, 0.5) is 0 Å². The Balaban J connectivity index is 1.90. The zero-order chi connectivity index (χ0) is 19.1. The average molecular weight is 372 g/mol. The average Bonchev–Trinajstić information content (AvgIpc) is 2.83. The van der Waals surface area contributed by atoms with Crippen LogP contribution in [0.3, 0.4) is 0 Å². The first kappa shape index (κ1) is 17.8. The molecule has 0 saturated heterocycles. The highest BCUT2D eigenvalue weighted by Crippen LogP contribution is 2.26. The van der Waals surface area contributed by atoms with Crippen molar-refractivity contribution in [1.82, 2.24) is 4.90 Å². The number of imide groups is 1. The van der Waals surface area contributed by atoms with Crippen molar-refractivity contribution in [2.24, 2.45) is 5.73 Å². The van der Waals surface area contributed by atoms with E-state index in [2.05, 4.69) is 0 Å². The Labute approximate surface area is 150 Å². The Kier molecular flexibility index (Phi) is 4.37. The van der Waals surface area contributed by atoms with Gasteiger partial charge in [0.15, 0.2) is 9.84 Å². The maximum absolute atomic E-state index is 12.5. The monoisotopic (exact) mass is 372 g/mol. The summed E-state index contributed by atoms with van der Waals surface area (Å²) in [6, 6.07) is 12.1. The van der Waals surface area contributed by atoms with Crippen LogP contribution in [-0.4, -0.2) is 43.8 Å². The molecule has 1 unspecified atom stereocenters. The van der Waals surface area contributed by atoms with E-state index in [1.165, 1.54) is 24.3 Å². The van der Waals surface area contributed by atoms with E-state index in [1.54, 1.807) is 24.3 Å². The normalized spacial score (nSPS) is 15.0. The second kappa shape index (κ2) is 6.38. The van der Waals surface area contributed by atoms with Gasteiger partial charge >= 0.3 is 0 Å². The molecule has 1 aliphatic heterocycles. The first-order valence-electron chi connectivity index (χ1n) is 7.74. The fourth-order valence-corrected chi connectivity index (χ4v) is 3.52. The lowest BCUT2D eigenvalue weighted by Gasteiger charge is -2.20. The highest BCUT2D eigenvalue weighted by molar-refractivity contribution is 7.90. The molecule has 0 radical (unpaired) electrons. The second-order valence-corrected chi connectivity index (χ2v) is 8.08. The van der Waals surface area contributed by atoms with Gasteiger partial charge in [-0.3, -0.25) is 19.3 Å². The number of nitrogens with two attached hydrogens (primary N) is 1. The van der Waals surface area contributed by atoms with Crippen molar-refractivity contribution in [3.63, 3.8) is 0 Å². The summed E-state index contributed by atoms with van der Waals surface area (Å²) < 4.78 is 23.1. The fraction of sp³-hybridized carbons (Fsp3) is 0.167. The fourth-order valence-electron chi connectivity index (χ4n) is 2.89. The Morgan fingerprint density at radius 3 is 1.92 bits per heavy atom. The summed E-state index contributed by atoms with van der Waals surface area (Å²) in [5, 5.41) is 0. The van der Waals surface area contributed by atoms with Gasteiger partial charge in [-0.2, -0.15) is 0 Å². The van der Waals surface area contributed by atoms with Gasteiger partial charge < -0.3 is 5.73 Å². The van der Waals surface area contributed by atoms with Gasteiger partial charge in [-0.1, -0.05) is 24.3 Å². The molecule has 2 N–H and O–H groups in total. The molecule has 2 aromatic rings. The summed E-state index contributed by atoms with van der Waals surface area (Å²) in [6.07, 6.45) is 1.08. The number of rotatable bonds is 5. The number of nitrogens with zero attached hydrogens (tertiary/aromatic N) is 1. The van der Waals surface area contributed by atoms with Crippen molar-refractivity contribution < 1.29 is 22.8 Å².